The Morgan fingerprint density at radius 3 is 1.60 bits per heavy atom. The van der Waals surface area contributed by atoms with Crippen LogP contribution in [0, 0.1) is 0 Å². The zero-order valence-electron chi connectivity index (χ0n) is 31.0. The first-order valence-electron chi connectivity index (χ1n) is 19.7. The van der Waals surface area contributed by atoms with Crippen LogP contribution in [0.1, 0.15) is 201 Å². The van der Waals surface area contributed by atoms with E-state index in [-0.39, 0.29) is 24.6 Å². The molecule has 0 aromatic carbocycles. The third kappa shape index (κ3) is 35.2. The molecular weight excluding hydrogens is 588 g/mol. The van der Waals surface area contributed by atoms with Crippen molar-refractivity contribution in [2.24, 2.45) is 0 Å². The summed E-state index contributed by atoms with van der Waals surface area (Å²) in [4.78, 5) is 34.4. The number of aliphatic carboxylic acids is 1. The van der Waals surface area contributed by atoms with Gasteiger partial charge in [-0.05, 0) is 77.6 Å². The van der Waals surface area contributed by atoms with Crippen LogP contribution < -0.4 is 0 Å². The van der Waals surface area contributed by atoms with E-state index in [4.69, 9.17) is 14.6 Å². The summed E-state index contributed by atoms with van der Waals surface area (Å²) in [7, 11) is 0. The average molecular weight is 663 g/mol. The van der Waals surface area contributed by atoms with Gasteiger partial charge in [0.1, 0.15) is 11.9 Å². The van der Waals surface area contributed by atoms with Gasteiger partial charge in [-0.25, -0.2) is 0 Å². The second-order valence-electron chi connectivity index (χ2n) is 13.5. The first-order valence-corrected chi connectivity index (χ1v) is 19.7. The van der Waals surface area contributed by atoms with Crippen molar-refractivity contribution in [2.75, 3.05) is 6.61 Å². The summed E-state index contributed by atoms with van der Waals surface area (Å²) in [5, 5.41) is 8.85. The maximum Gasteiger partial charge on any atom is 0.306 e. The minimum absolute atomic E-state index is 0.0000504. The van der Waals surface area contributed by atoms with Gasteiger partial charge in [0.25, 0.3) is 0 Å². The van der Waals surface area contributed by atoms with Crippen molar-refractivity contribution in [1.29, 1.82) is 0 Å². The van der Waals surface area contributed by atoms with Gasteiger partial charge >= 0.3 is 11.9 Å². The standard InChI is InChI=1S/C41H74O6/c1-4-6-8-23-30-38(46-36-28-34-40(43)44)31-25-19-15-12-13-17-21-27-35-41(45)47-39(32-24-9-7-5-2)33-26-20-16-11-10-14-18-22-29-37(3)42/h19-20,25-26,38-39H,4-18,21-24,27-36H2,1-3H3,(H,43,44)/b25-19+,26-20+. The van der Waals surface area contributed by atoms with E-state index >= 15 is 0 Å². The molecule has 6 heteroatoms. The molecular formula is C41H74O6. The monoisotopic (exact) mass is 663 g/mol. The van der Waals surface area contributed by atoms with E-state index in [1.54, 1.807) is 6.92 Å². The Bertz CT molecular complexity index is 789. The maximum atomic E-state index is 12.6. The Hall–Kier alpha value is -1.95. The SMILES string of the molecule is CCCCCCC(C/C=C/CCCCCCCC(=O)OC(C/C=C/CCCCCCCC(C)=O)CCCCCC)OCCCC(=O)O. The maximum absolute atomic E-state index is 12.6. The van der Waals surface area contributed by atoms with Gasteiger partial charge in [-0.1, -0.05) is 122 Å². The highest BCUT2D eigenvalue weighted by Crippen LogP contribution is 2.17. The number of unbranched alkanes of at least 4 members (excludes halogenated alkanes) is 16. The summed E-state index contributed by atoms with van der Waals surface area (Å²) >= 11 is 0. The van der Waals surface area contributed by atoms with Crippen LogP contribution >= 0.6 is 0 Å². The van der Waals surface area contributed by atoms with E-state index < -0.39 is 5.97 Å². The number of hydrogen-bond donors (Lipinski definition) is 1. The molecule has 0 heterocycles. The third-order valence-electron chi connectivity index (χ3n) is 8.73. The lowest BCUT2D eigenvalue weighted by molar-refractivity contribution is -0.149. The lowest BCUT2D eigenvalue weighted by Gasteiger charge is -2.16. The number of carboxylic acid groups (broad SMARTS) is 1. The quantitative estimate of drug-likeness (QED) is 0.0408. The fourth-order valence-electron chi connectivity index (χ4n) is 5.77. The fourth-order valence-corrected chi connectivity index (χ4v) is 5.77. The number of carboxylic acids is 1. The molecule has 0 rings (SSSR count). The molecule has 6 nitrogen and oxygen atoms in total. The second-order valence-corrected chi connectivity index (χ2v) is 13.5. The average Bonchev–Trinajstić information content (AvgIpc) is 3.04. The largest absolute Gasteiger partial charge is 0.481 e. The molecule has 0 spiro atoms. The number of hydrogen-bond acceptors (Lipinski definition) is 5. The van der Waals surface area contributed by atoms with E-state index in [2.05, 4.69) is 38.2 Å². The highest BCUT2D eigenvalue weighted by molar-refractivity contribution is 5.75. The highest BCUT2D eigenvalue weighted by atomic mass is 16.5. The Balaban J connectivity index is 4.16. The Kier molecular flexibility index (Phi) is 33.9. The Morgan fingerprint density at radius 1 is 0.553 bits per heavy atom. The molecule has 0 aliphatic carbocycles. The number of rotatable bonds is 36. The molecule has 0 saturated carbocycles. The summed E-state index contributed by atoms with van der Waals surface area (Å²) in [5.74, 6) is -0.504. The van der Waals surface area contributed by atoms with Gasteiger partial charge in [0.15, 0.2) is 0 Å². The smallest absolute Gasteiger partial charge is 0.306 e. The van der Waals surface area contributed by atoms with Crippen molar-refractivity contribution in [3.8, 4) is 0 Å². The van der Waals surface area contributed by atoms with Crippen LogP contribution in [-0.4, -0.2) is 41.6 Å². The van der Waals surface area contributed by atoms with E-state index in [1.165, 1.54) is 70.6 Å². The number of Topliss-reactive ketones (excluding diaryl/α,β-unsaturated/α-hetero) is 1. The van der Waals surface area contributed by atoms with Crippen LogP contribution in [-0.2, 0) is 23.9 Å². The number of carbonyl (C=O) groups is 3. The van der Waals surface area contributed by atoms with Crippen LogP contribution in [0.15, 0.2) is 24.3 Å². The first kappa shape index (κ1) is 45.0. The predicted octanol–water partition coefficient (Wildman–Crippen LogP) is 12.0. The molecule has 0 radical (unpaired) electrons. The van der Waals surface area contributed by atoms with Crippen molar-refractivity contribution >= 4 is 17.7 Å². The van der Waals surface area contributed by atoms with Gasteiger partial charge in [0.2, 0.25) is 0 Å². The summed E-state index contributed by atoms with van der Waals surface area (Å²) in [6.45, 7) is 6.63. The molecule has 1 N–H and O–H groups in total. The molecule has 0 aliphatic heterocycles. The molecule has 274 valence electrons. The molecule has 0 aliphatic rings. The molecule has 2 unspecified atom stereocenters. The van der Waals surface area contributed by atoms with Gasteiger partial charge in [-0.3, -0.25) is 9.59 Å². The van der Waals surface area contributed by atoms with Crippen LogP contribution in [0.4, 0.5) is 0 Å². The van der Waals surface area contributed by atoms with Gasteiger partial charge < -0.3 is 19.4 Å². The number of carbonyl (C=O) groups excluding carboxylic acids is 2. The number of esters is 1. The Morgan fingerprint density at radius 2 is 1.04 bits per heavy atom. The van der Waals surface area contributed by atoms with E-state index in [0.717, 1.165) is 89.9 Å². The van der Waals surface area contributed by atoms with Crippen molar-refractivity contribution < 1.29 is 29.0 Å². The highest BCUT2D eigenvalue weighted by Gasteiger charge is 2.13. The van der Waals surface area contributed by atoms with Crippen LogP contribution in [0.2, 0.25) is 0 Å². The van der Waals surface area contributed by atoms with Crippen LogP contribution in [0.25, 0.3) is 0 Å². The van der Waals surface area contributed by atoms with E-state index in [9.17, 15) is 14.4 Å². The lowest BCUT2D eigenvalue weighted by atomic mass is 10.0. The summed E-state index contributed by atoms with van der Waals surface area (Å²) in [6, 6.07) is 0. The lowest BCUT2D eigenvalue weighted by Crippen LogP contribution is -2.17. The van der Waals surface area contributed by atoms with Crippen molar-refractivity contribution in [3.63, 3.8) is 0 Å². The van der Waals surface area contributed by atoms with Gasteiger partial charge in [0.05, 0.1) is 6.10 Å². The molecule has 0 aromatic heterocycles. The zero-order chi connectivity index (χ0) is 34.6. The number of allylic oxidation sites excluding steroid dienone is 2. The number of ether oxygens (including phenoxy) is 2. The van der Waals surface area contributed by atoms with Crippen LogP contribution in [0.5, 0.6) is 0 Å². The molecule has 2 atom stereocenters. The number of ketones is 1. The minimum atomic E-state index is -0.758. The van der Waals surface area contributed by atoms with E-state index in [0.29, 0.717) is 25.2 Å². The normalized spacial score (nSPS) is 13.0. The van der Waals surface area contributed by atoms with Gasteiger partial charge in [-0.2, -0.15) is 0 Å². The zero-order valence-corrected chi connectivity index (χ0v) is 31.0. The fraction of sp³-hybridized carbons (Fsp3) is 0.829. The minimum Gasteiger partial charge on any atom is -0.481 e. The van der Waals surface area contributed by atoms with Crippen molar-refractivity contribution in [2.45, 2.75) is 213 Å². The molecule has 47 heavy (non-hydrogen) atoms. The van der Waals surface area contributed by atoms with E-state index in [1.807, 2.05) is 0 Å². The molecule has 0 bridgehead atoms. The third-order valence-corrected chi connectivity index (χ3v) is 8.73. The second kappa shape index (κ2) is 35.4. The van der Waals surface area contributed by atoms with Crippen LogP contribution in [0.3, 0.4) is 0 Å². The summed E-state index contributed by atoms with van der Waals surface area (Å²) in [6.07, 6.45) is 37.9. The molecule has 0 saturated heterocycles. The van der Waals surface area contributed by atoms with Gasteiger partial charge in [0, 0.05) is 32.3 Å². The Labute approximate surface area is 289 Å². The summed E-state index contributed by atoms with van der Waals surface area (Å²) in [5.41, 5.74) is 0. The summed E-state index contributed by atoms with van der Waals surface area (Å²) < 4.78 is 11.9. The molecule has 0 aromatic rings. The topological polar surface area (TPSA) is 89.9 Å². The predicted molar refractivity (Wildman–Crippen MR) is 197 cm³/mol. The van der Waals surface area contributed by atoms with Crippen molar-refractivity contribution in [3.05, 3.63) is 24.3 Å². The first-order chi connectivity index (χ1) is 22.9. The molecule has 0 amide bonds. The molecule has 0 fully saturated rings. The van der Waals surface area contributed by atoms with Gasteiger partial charge in [-0.15, -0.1) is 0 Å². The van der Waals surface area contributed by atoms with Crippen molar-refractivity contribution in [1.82, 2.24) is 0 Å².